The molecular weight excluding hydrogens is 262 g/mol. The number of ether oxygens (including phenoxy) is 1. The lowest BCUT2D eigenvalue weighted by Crippen LogP contribution is -2.57. The molecule has 4 heteroatoms. The van der Waals surface area contributed by atoms with Crippen LogP contribution >= 0.6 is 0 Å². The lowest BCUT2D eigenvalue weighted by molar-refractivity contribution is -0.133. The van der Waals surface area contributed by atoms with Crippen LogP contribution in [0.15, 0.2) is 18.5 Å². The molecule has 0 spiro atoms. The van der Waals surface area contributed by atoms with E-state index >= 15 is 0 Å². The van der Waals surface area contributed by atoms with Crippen molar-refractivity contribution in [1.82, 2.24) is 10.3 Å². The quantitative estimate of drug-likeness (QED) is 0.846. The highest BCUT2D eigenvalue weighted by Gasteiger charge is 2.38. The molecule has 0 amide bonds. The van der Waals surface area contributed by atoms with Crippen molar-refractivity contribution in [2.75, 3.05) is 24.5 Å². The second-order valence-electron chi connectivity index (χ2n) is 7.16. The summed E-state index contributed by atoms with van der Waals surface area (Å²) in [6.45, 7) is 14.6. The number of hydrogen-bond donors (Lipinski definition) is 1. The molecule has 1 aliphatic rings. The summed E-state index contributed by atoms with van der Waals surface area (Å²) in [5, 5.41) is 3.47. The van der Waals surface area contributed by atoms with Gasteiger partial charge in [-0.1, -0.05) is 6.92 Å². The second-order valence-corrected chi connectivity index (χ2v) is 7.16. The van der Waals surface area contributed by atoms with Gasteiger partial charge in [0.2, 0.25) is 0 Å². The maximum Gasteiger partial charge on any atom is 0.0808 e. The summed E-state index contributed by atoms with van der Waals surface area (Å²) in [6.07, 6.45) is 5.01. The first-order valence-corrected chi connectivity index (χ1v) is 7.92. The van der Waals surface area contributed by atoms with Gasteiger partial charge in [-0.15, -0.1) is 0 Å². The number of nitrogens with zero attached hydrogens (tertiary/aromatic N) is 2. The topological polar surface area (TPSA) is 37.4 Å². The van der Waals surface area contributed by atoms with Crippen LogP contribution in [0.1, 0.15) is 46.6 Å². The minimum absolute atomic E-state index is 0.140. The van der Waals surface area contributed by atoms with E-state index in [4.69, 9.17) is 4.74 Å². The fraction of sp³-hybridized carbons (Fsp3) is 0.706. The number of aromatic nitrogens is 1. The van der Waals surface area contributed by atoms with Crippen LogP contribution in [0.25, 0.3) is 0 Å². The first-order chi connectivity index (χ1) is 9.83. The SMILES string of the molecule is CCCNCc1cnccc1N1CC(C)(C)OC(C)(C)C1. The van der Waals surface area contributed by atoms with E-state index in [0.29, 0.717) is 0 Å². The molecule has 2 heterocycles. The Labute approximate surface area is 128 Å². The molecule has 0 saturated carbocycles. The van der Waals surface area contributed by atoms with Gasteiger partial charge in [0.05, 0.1) is 11.2 Å². The highest BCUT2D eigenvalue weighted by Crippen LogP contribution is 2.32. The number of pyridine rings is 1. The molecule has 0 radical (unpaired) electrons. The van der Waals surface area contributed by atoms with E-state index in [1.807, 2.05) is 12.4 Å². The summed E-state index contributed by atoms with van der Waals surface area (Å²) in [4.78, 5) is 6.73. The van der Waals surface area contributed by atoms with Crippen molar-refractivity contribution in [3.63, 3.8) is 0 Å². The van der Waals surface area contributed by atoms with Crippen LogP contribution in [0, 0.1) is 0 Å². The van der Waals surface area contributed by atoms with Gasteiger partial charge in [0.1, 0.15) is 0 Å². The molecule has 0 atom stereocenters. The van der Waals surface area contributed by atoms with Crippen LogP contribution in [-0.4, -0.2) is 35.8 Å². The summed E-state index contributed by atoms with van der Waals surface area (Å²) in [5.41, 5.74) is 2.26. The molecule has 118 valence electrons. The predicted molar refractivity (Wildman–Crippen MR) is 87.7 cm³/mol. The van der Waals surface area contributed by atoms with Gasteiger partial charge in [0, 0.05) is 43.3 Å². The Kier molecular flexibility index (Phi) is 4.89. The summed E-state index contributed by atoms with van der Waals surface area (Å²) in [7, 11) is 0. The lowest BCUT2D eigenvalue weighted by atomic mass is 9.98. The monoisotopic (exact) mass is 291 g/mol. The van der Waals surface area contributed by atoms with Gasteiger partial charge in [0.25, 0.3) is 0 Å². The fourth-order valence-electron chi connectivity index (χ4n) is 3.22. The third-order valence-corrected chi connectivity index (χ3v) is 3.66. The molecule has 0 bridgehead atoms. The van der Waals surface area contributed by atoms with E-state index in [0.717, 1.165) is 32.6 Å². The number of anilines is 1. The van der Waals surface area contributed by atoms with Crippen LogP contribution in [0.4, 0.5) is 5.69 Å². The van der Waals surface area contributed by atoms with Gasteiger partial charge in [-0.2, -0.15) is 0 Å². The number of morpholine rings is 1. The minimum Gasteiger partial charge on any atom is -0.366 e. The Morgan fingerprint density at radius 3 is 2.52 bits per heavy atom. The van der Waals surface area contributed by atoms with Crippen molar-refractivity contribution in [2.24, 2.45) is 0 Å². The molecule has 4 nitrogen and oxygen atoms in total. The van der Waals surface area contributed by atoms with E-state index in [1.165, 1.54) is 11.3 Å². The van der Waals surface area contributed by atoms with Gasteiger partial charge >= 0.3 is 0 Å². The maximum absolute atomic E-state index is 6.18. The van der Waals surface area contributed by atoms with Crippen LogP contribution in [0.2, 0.25) is 0 Å². The number of hydrogen-bond acceptors (Lipinski definition) is 4. The highest BCUT2D eigenvalue weighted by molar-refractivity contribution is 5.53. The maximum atomic E-state index is 6.18. The minimum atomic E-state index is -0.140. The van der Waals surface area contributed by atoms with Gasteiger partial charge in [-0.05, 0) is 46.7 Å². The summed E-state index contributed by atoms with van der Waals surface area (Å²) in [5.74, 6) is 0. The zero-order valence-corrected chi connectivity index (χ0v) is 14.1. The standard InChI is InChI=1S/C17H29N3O/c1-6-8-18-10-14-11-19-9-7-15(14)20-12-16(2,3)21-17(4,5)13-20/h7,9,11,18H,6,8,10,12-13H2,1-5H3. The molecule has 1 aromatic rings. The van der Waals surface area contributed by atoms with E-state index < -0.39 is 0 Å². The van der Waals surface area contributed by atoms with Gasteiger partial charge in [-0.3, -0.25) is 4.98 Å². The van der Waals surface area contributed by atoms with Gasteiger partial charge in [-0.25, -0.2) is 0 Å². The zero-order valence-electron chi connectivity index (χ0n) is 14.1. The molecule has 2 rings (SSSR count). The molecule has 0 unspecified atom stereocenters. The molecule has 1 N–H and O–H groups in total. The van der Waals surface area contributed by atoms with Crippen molar-refractivity contribution in [3.05, 3.63) is 24.0 Å². The van der Waals surface area contributed by atoms with Crippen LogP contribution in [0.5, 0.6) is 0 Å². The summed E-state index contributed by atoms with van der Waals surface area (Å²) >= 11 is 0. The van der Waals surface area contributed by atoms with Crippen molar-refractivity contribution in [2.45, 2.75) is 58.8 Å². The van der Waals surface area contributed by atoms with E-state index in [2.05, 4.69) is 55.9 Å². The van der Waals surface area contributed by atoms with Crippen LogP contribution in [0.3, 0.4) is 0 Å². The third kappa shape index (κ3) is 4.42. The molecule has 0 aliphatic carbocycles. The van der Waals surface area contributed by atoms with Crippen molar-refractivity contribution in [3.8, 4) is 0 Å². The largest absolute Gasteiger partial charge is 0.366 e. The Bertz CT molecular complexity index is 455. The van der Waals surface area contributed by atoms with Crippen LogP contribution in [-0.2, 0) is 11.3 Å². The molecule has 1 aliphatic heterocycles. The van der Waals surface area contributed by atoms with E-state index in [9.17, 15) is 0 Å². The van der Waals surface area contributed by atoms with Crippen LogP contribution < -0.4 is 10.2 Å². The molecule has 0 aromatic carbocycles. The molecule has 1 fully saturated rings. The highest BCUT2D eigenvalue weighted by atomic mass is 16.5. The van der Waals surface area contributed by atoms with Crippen molar-refractivity contribution in [1.29, 1.82) is 0 Å². The average molecular weight is 291 g/mol. The predicted octanol–water partition coefficient (Wildman–Crippen LogP) is 2.98. The van der Waals surface area contributed by atoms with Gasteiger partial charge in [0.15, 0.2) is 0 Å². The van der Waals surface area contributed by atoms with E-state index in [1.54, 1.807) is 0 Å². The average Bonchev–Trinajstić information content (AvgIpc) is 2.36. The second kappa shape index (κ2) is 6.32. The normalized spacial score (nSPS) is 20.5. The molecular formula is C17H29N3O. The number of nitrogens with one attached hydrogen (secondary N) is 1. The molecule has 1 saturated heterocycles. The van der Waals surface area contributed by atoms with Gasteiger partial charge < -0.3 is 15.0 Å². The van der Waals surface area contributed by atoms with Crippen molar-refractivity contribution < 1.29 is 4.74 Å². The Hall–Kier alpha value is -1.13. The summed E-state index contributed by atoms with van der Waals surface area (Å²) < 4.78 is 6.18. The van der Waals surface area contributed by atoms with Crippen molar-refractivity contribution >= 4 is 5.69 Å². The summed E-state index contributed by atoms with van der Waals surface area (Å²) in [6, 6.07) is 2.13. The Morgan fingerprint density at radius 1 is 1.24 bits per heavy atom. The first kappa shape index (κ1) is 16.2. The third-order valence-electron chi connectivity index (χ3n) is 3.66. The first-order valence-electron chi connectivity index (χ1n) is 7.92. The zero-order chi connectivity index (χ0) is 15.5. The molecule has 1 aromatic heterocycles. The number of rotatable bonds is 5. The molecule has 21 heavy (non-hydrogen) atoms. The smallest absolute Gasteiger partial charge is 0.0808 e. The Morgan fingerprint density at radius 2 is 1.90 bits per heavy atom. The lowest BCUT2D eigenvalue weighted by Gasteiger charge is -2.48. The Balaban J connectivity index is 2.20. The van der Waals surface area contributed by atoms with E-state index in [-0.39, 0.29) is 11.2 Å². The fourth-order valence-corrected chi connectivity index (χ4v) is 3.22.